The lowest BCUT2D eigenvalue weighted by Crippen LogP contribution is -2.61. The number of aliphatic imine (C=N–C) groups is 1. The number of fused-ring (bicyclic) bond motifs is 2. The van der Waals surface area contributed by atoms with E-state index in [2.05, 4.69) is 68.1 Å². The maximum atomic E-state index is 15.0. The van der Waals surface area contributed by atoms with Gasteiger partial charge in [0, 0.05) is 66.6 Å². The van der Waals surface area contributed by atoms with Crippen LogP contribution in [0.4, 0.5) is 0 Å². The summed E-state index contributed by atoms with van der Waals surface area (Å²) in [5, 5.41) is 48.6. The number of aromatic amines is 2. The zero-order valence-corrected chi connectivity index (χ0v) is 60.7. The number of nitrogens with one attached hydrogen (secondary N) is 12. The highest BCUT2D eigenvalue weighted by atomic mass is 32.2. The molecule has 1 saturated heterocycles. The van der Waals surface area contributed by atoms with E-state index in [9.17, 15) is 67.7 Å². The van der Waals surface area contributed by atoms with Crippen molar-refractivity contribution in [3.63, 3.8) is 0 Å². The fourth-order valence-electron chi connectivity index (χ4n) is 12.4. The summed E-state index contributed by atoms with van der Waals surface area (Å²) in [6.45, 7) is 12.7. The molecule has 31 heteroatoms. The summed E-state index contributed by atoms with van der Waals surface area (Å²) in [5.74, 6) is -11.1. The maximum absolute atomic E-state index is 15.0. The minimum Gasteiger partial charge on any atom is -0.481 e. The maximum Gasteiger partial charge on any atom is 0.326 e. The molecule has 5 aromatic rings. The van der Waals surface area contributed by atoms with E-state index in [0.29, 0.717) is 58.1 Å². The highest BCUT2D eigenvalue weighted by Crippen LogP contribution is 2.24. The van der Waals surface area contributed by atoms with Crippen molar-refractivity contribution in [1.29, 1.82) is 0 Å². The van der Waals surface area contributed by atoms with Crippen LogP contribution in [0.3, 0.4) is 0 Å². The molecule has 560 valence electrons. The predicted molar refractivity (Wildman–Crippen MR) is 391 cm³/mol. The second kappa shape index (κ2) is 40.0. The van der Waals surface area contributed by atoms with Gasteiger partial charge in [-0.2, -0.15) is 11.8 Å². The number of hydrogen-bond acceptors (Lipinski definition) is 15. The topological polar surface area (TPSA) is 465 Å². The van der Waals surface area contributed by atoms with Gasteiger partial charge >= 0.3 is 11.9 Å². The molecule has 1 aliphatic rings. The van der Waals surface area contributed by atoms with Gasteiger partial charge in [-0.3, -0.25) is 57.7 Å². The number of thioether (sulfide) groups is 1. The number of H-pyrrole nitrogens is 2. The van der Waals surface area contributed by atoms with Gasteiger partial charge in [0.15, 0.2) is 5.96 Å². The van der Waals surface area contributed by atoms with Crippen LogP contribution in [-0.4, -0.2) is 201 Å². The van der Waals surface area contributed by atoms with Crippen LogP contribution in [0.2, 0.25) is 0 Å². The summed E-state index contributed by atoms with van der Waals surface area (Å²) in [5.41, 5.74) is 14.4. The molecular formula is C72H102N16O14S. The summed E-state index contributed by atoms with van der Waals surface area (Å²) in [6.07, 6.45) is 4.81. The van der Waals surface area contributed by atoms with E-state index >= 15 is 0 Å². The molecule has 103 heavy (non-hydrogen) atoms. The second-order valence-electron chi connectivity index (χ2n) is 27.2. The van der Waals surface area contributed by atoms with Gasteiger partial charge in [-0.15, -0.1) is 0 Å². The molecule has 0 aliphatic carbocycles. The van der Waals surface area contributed by atoms with Gasteiger partial charge in [-0.1, -0.05) is 108 Å². The van der Waals surface area contributed by atoms with Crippen LogP contribution in [0.1, 0.15) is 117 Å². The summed E-state index contributed by atoms with van der Waals surface area (Å²) >= 11 is 1.36. The molecule has 3 aromatic carbocycles. The summed E-state index contributed by atoms with van der Waals surface area (Å²) in [7, 11) is 1.68. The number of nitrogens with zero attached hydrogens (tertiary/aromatic N) is 2. The fraction of sp³-hybridized carbons (Fsp3) is 0.514. The van der Waals surface area contributed by atoms with Crippen molar-refractivity contribution in [2.24, 2.45) is 34.2 Å². The Morgan fingerprint density at radius 1 is 0.553 bits per heavy atom. The molecule has 18 N–H and O–H groups in total. The van der Waals surface area contributed by atoms with Gasteiger partial charge in [-0.05, 0) is 118 Å². The zero-order valence-electron chi connectivity index (χ0n) is 59.9. The first-order valence-corrected chi connectivity index (χ1v) is 36.2. The van der Waals surface area contributed by atoms with Crippen LogP contribution in [0.15, 0.2) is 96.2 Å². The quantitative estimate of drug-likeness (QED) is 0.0151. The third-order valence-corrected chi connectivity index (χ3v) is 18.4. The van der Waals surface area contributed by atoms with Crippen LogP contribution < -0.4 is 64.6 Å². The largest absolute Gasteiger partial charge is 0.481 e. The number of amides is 10. The number of hydrogen-bond donors (Lipinski definition) is 16. The normalized spacial score (nSPS) is 15.8. The van der Waals surface area contributed by atoms with E-state index in [1.807, 2.05) is 39.8 Å². The number of carboxylic acid groups (broad SMARTS) is 2. The minimum atomic E-state index is -1.80. The Kier molecular flexibility index (Phi) is 31.8. The Bertz CT molecular complexity index is 3780. The monoisotopic (exact) mass is 1450 g/mol. The van der Waals surface area contributed by atoms with E-state index < -0.39 is 138 Å². The van der Waals surface area contributed by atoms with E-state index in [0.717, 1.165) is 5.52 Å². The van der Waals surface area contributed by atoms with Gasteiger partial charge < -0.3 is 89.7 Å². The van der Waals surface area contributed by atoms with Crippen molar-refractivity contribution in [2.75, 3.05) is 32.1 Å². The van der Waals surface area contributed by atoms with Crippen molar-refractivity contribution in [3.8, 4) is 0 Å². The average Bonchev–Trinajstić information content (AvgIpc) is 1.74. The van der Waals surface area contributed by atoms with Crippen LogP contribution >= 0.6 is 11.8 Å². The number of aromatic nitrogens is 2. The number of rotatable bonds is 41. The van der Waals surface area contributed by atoms with Gasteiger partial charge in [0.1, 0.15) is 60.4 Å². The fourth-order valence-corrected chi connectivity index (χ4v) is 12.8. The van der Waals surface area contributed by atoms with Crippen molar-refractivity contribution in [2.45, 2.75) is 186 Å². The Morgan fingerprint density at radius 3 is 1.53 bits per heavy atom. The van der Waals surface area contributed by atoms with Crippen LogP contribution in [-0.2, 0) is 76.8 Å². The molecule has 6 rings (SSSR count). The first-order chi connectivity index (χ1) is 49.0. The lowest BCUT2D eigenvalue weighted by Gasteiger charge is -2.31. The number of guanidine groups is 1. The molecule has 0 radical (unpaired) electrons. The molecule has 0 bridgehead atoms. The van der Waals surface area contributed by atoms with Crippen LogP contribution in [0, 0.1) is 17.8 Å². The Morgan fingerprint density at radius 2 is 1.01 bits per heavy atom. The lowest BCUT2D eigenvalue weighted by molar-refractivity contribution is -0.143. The zero-order chi connectivity index (χ0) is 75.6. The number of para-hydroxylation sites is 2. The molecular weight excluding hydrogens is 1340 g/mol. The highest BCUT2D eigenvalue weighted by Gasteiger charge is 2.41. The molecule has 3 heterocycles. The molecule has 1 fully saturated rings. The number of aliphatic carboxylic acids is 2. The average molecular weight is 1450 g/mol. The Labute approximate surface area is 603 Å². The number of benzene rings is 3. The van der Waals surface area contributed by atoms with Crippen molar-refractivity contribution in [3.05, 3.63) is 108 Å². The summed E-state index contributed by atoms with van der Waals surface area (Å²) < 4.78 is 0. The number of likely N-dealkylation sites (N-methyl/N-ethyl adjacent to an activating group) is 1. The Balaban J connectivity index is 1.22. The van der Waals surface area contributed by atoms with Crippen LogP contribution in [0.25, 0.3) is 21.8 Å². The molecule has 11 atom stereocenters. The number of carbonyl (C=O) groups excluding carboxylic acids is 10. The van der Waals surface area contributed by atoms with E-state index in [4.69, 9.17) is 11.5 Å². The molecule has 10 amide bonds. The van der Waals surface area contributed by atoms with Gasteiger partial charge in [0.2, 0.25) is 59.1 Å². The highest BCUT2D eigenvalue weighted by molar-refractivity contribution is 7.98. The third kappa shape index (κ3) is 24.9. The SMILES string of the molecule is CN[C@H](C(=O)N1CCC[C@H]1C(=O)N[C@H](CC(C)C)C(=O)N[C@@H](CCCN=C(N)N)C(=O)N[C@@H](Cc1ccccc1)C(=O)N[C@@H](CCSC)C(=O)N[C@@H](Cc1c[nH]c2ccccc12)C(=O)N[C@@H](C)C(=O)N[C@@H](CC(C)C)C(=O)N[C@@H](CC(=O)O)C(=O)N[C@@H](Cc1c[nH]c2ccccc12)C(=O)O)C(C)C. The first kappa shape index (κ1) is 81.9. The minimum absolute atomic E-state index is 0.0113. The molecule has 0 spiro atoms. The molecule has 1 aliphatic heterocycles. The number of nitrogens with two attached hydrogens (primary N) is 2. The van der Waals surface area contributed by atoms with Crippen molar-refractivity contribution < 1.29 is 67.7 Å². The summed E-state index contributed by atoms with van der Waals surface area (Å²) in [6, 6.07) is 8.72. The number of carbonyl (C=O) groups is 12. The second-order valence-corrected chi connectivity index (χ2v) is 28.1. The molecule has 30 nitrogen and oxygen atoms in total. The smallest absolute Gasteiger partial charge is 0.326 e. The molecule has 0 saturated carbocycles. The van der Waals surface area contributed by atoms with Gasteiger partial charge in [-0.25, -0.2) is 4.79 Å². The standard InChI is InChI=1S/C72H102N16O14S/c1-39(2)31-52(66(96)85-56(36-59(89)90)68(98)87-57(71(101)102)35-45-38-78-49-24-16-14-22-47(45)49)82-61(91)42(7)79-64(94)55(34-44-37-77-48-23-15-13-21-46(44)48)84-63(93)51(27-30-103-9)81-67(97)54(33-43-19-11-10-12-20-43)83-62(92)50(25-17-28-76-72(73)74)80-65(95)53(32-40(3)4)86-69(99)58-26-18-29-88(58)70(100)60(75-8)41(5)6/h10-16,19-24,37-42,50-58,60,75,77-78H,17-18,25-36H2,1-9H3,(H,79,94)(H,80,95)(H,81,97)(H,82,91)(H,83,92)(H,84,93)(H,85,96)(H,86,99)(H,87,98)(H,89,90)(H,101,102)(H4,73,74,76)/t42-,50-,51-,52-,53+,54-,55-,56-,57-,58-,60-/m0/s1. The molecule has 2 aromatic heterocycles. The van der Waals surface area contributed by atoms with Crippen molar-refractivity contribution >= 4 is 111 Å². The third-order valence-electron chi connectivity index (χ3n) is 17.7. The number of likely N-dealkylation sites (tertiary alicyclic amines) is 1. The van der Waals surface area contributed by atoms with Gasteiger partial charge in [0.25, 0.3) is 0 Å². The lowest BCUT2D eigenvalue weighted by atomic mass is 10.00. The number of carboxylic acids is 2. The Hall–Kier alpha value is -10.0. The molecule has 0 unspecified atom stereocenters. The predicted octanol–water partition coefficient (Wildman–Crippen LogP) is 1.75. The summed E-state index contributed by atoms with van der Waals surface area (Å²) in [4.78, 5) is 180. The van der Waals surface area contributed by atoms with E-state index in [1.54, 1.807) is 106 Å². The van der Waals surface area contributed by atoms with Crippen LogP contribution in [0.5, 0.6) is 0 Å². The van der Waals surface area contributed by atoms with Gasteiger partial charge in [0.05, 0.1) is 12.5 Å². The van der Waals surface area contributed by atoms with Crippen molar-refractivity contribution in [1.82, 2.24) is 68.0 Å². The van der Waals surface area contributed by atoms with E-state index in [-0.39, 0.29) is 87.5 Å². The van der Waals surface area contributed by atoms with E-state index in [1.165, 1.54) is 23.6 Å². The first-order valence-electron chi connectivity index (χ1n) is 34.8.